The lowest BCUT2D eigenvalue weighted by atomic mass is 10.2. The molecule has 0 saturated carbocycles. The Morgan fingerprint density at radius 1 is 1.42 bits per heavy atom. The quantitative estimate of drug-likeness (QED) is 0.674. The molecule has 12 heavy (non-hydrogen) atoms. The summed E-state index contributed by atoms with van der Waals surface area (Å²) in [5.74, 6) is 0. The molecule has 0 N–H and O–H groups in total. The maximum Gasteiger partial charge on any atom is 0.106 e. The Morgan fingerprint density at radius 2 is 2.17 bits per heavy atom. The minimum atomic E-state index is 1.09. The van der Waals surface area contributed by atoms with E-state index in [0.717, 1.165) is 5.52 Å². The van der Waals surface area contributed by atoms with Gasteiger partial charge in [0.1, 0.15) is 3.70 Å². The van der Waals surface area contributed by atoms with Crippen molar-refractivity contribution in [1.82, 2.24) is 9.78 Å². The van der Waals surface area contributed by atoms with Crippen LogP contribution in [0.5, 0.6) is 0 Å². The van der Waals surface area contributed by atoms with E-state index in [1.54, 1.807) is 0 Å². The first kappa shape index (κ1) is 8.04. The summed E-state index contributed by atoms with van der Waals surface area (Å²) in [5.41, 5.74) is 2.35. The van der Waals surface area contributed by atoms with E-state index in [-0.39, 0.29) is 0 Å². The number of aryl methyl sites for hydroxylation is 2. The molecule has 0 atom stereocenters. The van der Waals surface area contributed by atoms with Crippen molar-refractivity contribution in [3.8, 4) is 0 Å². The fourth-order valence-electron chi connectivity index (χ4n) is 1.28. The lowest BCUT2D eigenvalue weighted by Gasteiger charge is -1.90. The van der Waals surface area contributed by atoms with Crippen LogP contribution in [0.4, 0.5) is 0 Å². The molecule has 2 rings (SSSR count). The molecule has 1 aromatic carbocycles. The van der Waals surface area contributed by atoms with Crippen molar-refractivity contribution in [2.75, 3.05) is 0 Å². The molecule has 2 nitrogen and oxygen atoms in total. The Bertz CT molecular complexity index is 431. The largest absolute Gasteiger partial charge is 0.261 e. The van der Waals surface area contributed by atoms with Crippen LogP contribution < -0.4 is 0 Å². The summed E-state index contributed by atoms with van der Waals surface area (Å²) >= 11 is 2.31. The first-order valence-corrected chi connectivity index (χ1v) is 4.85. The van der Waals surface area contributed by atoms with Gasteiger partial charge in [0.05, 0.1) is 5.52 Å². The number of aromatic nitrogens is 2. The van der Waals surface area contributed by atoms with Gasteiger partial charge >= 0.3 is 0 Å². The van der Waals surface area contributed by atoms with Crippen molar-refractivity contribution in [2.24, 2.45) is 7.05 Å². The molecule has 3 heteroatoms. The van der Waals surface area contributed by atoms with Gasteiger partial charge in [0.25, 0.3) is 0 Å². The van der Waals surface area contributed by atoms with E-state index < -0.39 is 0 Å². The molecule has 2 aromatic rings. The van der Waals surface area contributed by atoms with Gasteiger partial charge in [-0.15, -0.1) is 0 Å². The highest BCUT2D eigenvalue weighted by Crippen LogP contribution is 2.19. The summed E-state index contributed by atoms with van der Waals surface area (Å²) in [6.45, 7) is 2.08. The predicted molar refractivity (Wildman–Crippen MR) is 58.2 cm³/mol. The van der Waals surface area contributed by atoms with E-state index in [9.17, 15) is 0 Å². The number of halogens is 1. The maximum atomic E-state index is 4.38. The number of nitrogens with zero attached hydrogens (tertiary/aromatic N) is 2. The highest BCUT2D eigenvalue weighted by Gasteiger charge is 2.04. The SMILES string of the molecule is Cc1ccc2c(I)n(C)nc2c1. The molecule has 0 unspecified atom stereocenters. The molecule has 0 bridgehead atoms. The number of rotatable bonds is 0. The third-order valence-electron chi connectivity index (χ3n) is 1.92. The lowest BCUT2D eigenvalue weighted by molar-refractivity contribution is 0.759. The van der Waals surface area contributed by atoms with E-state index in [4.69, 9.17) is 0 Å². The molecular formula is C9H9IN2. The van der Waals surface area contributed by atoms with Crippen LogP contribution in [-0.4, -0.2) is 9.78 Å². The monoisotopic (exact) mass is 272 g/mol. The third-order valence-corrected chi connectivity index (χ3v) is 3.20. The van der Waals surface area contributed by atoms with Crippen molar-refractivity contribution in [3.05, 3.63) is 27.5 Å². The summed E-state index contributed by atoms with van der Waals surface area (Å²) in [7, 11) is 1.97. The van der Waals surface area contributed by atoms with Crippen LogP contribution in [0.1, 0.15) is 5.56 Å². The zero-order chi connectivity index (χ0) is 8.72. The van der Waals surface area contributed by atoms with Crippen LogP contribution in [0.25, 0.3) is 10.9 Å². The van der Waals surface area contributed by atoms with Crippen LogP contribution in [0.3, 0.4) is 0 Å². The molecule has 0 fully saturated rings. The summed E-state index contributed by atoms with van der Waals surface area (Å²) in [6.07, 6.45) is 0. The van der Waals surface area contributed by atoms with Crippen molar-refractivity contribution in [3.63, 3.8) is 0 Å². The second-order valence-electron chi connectivity index (χ2n) is 2.94. The van der Waals surface area contributed by atoms with Gasteiger partial charge in [0.15, 0.2) is 0 Å². The van der Waals surface area contributed by atoms with Crippen LogP contribution in [0.2, 0.25) is 0 Å². The van der Waals surface area contributed by atoms with Crippen molar-refractivity contribution < 1.29 is 0 Å². The number of hydrogen-bond acceptors (Lipinski definition) is 1. The Labute approximate surface area is 84.7 Å². The van der Waals surface area contributed by atoms with Gasteiger partial charge in [-0.3, -0.25) is 4.68 Å². The highest BCUT2D eigenvalue weighted by molar-refractivity contribution is 14.1. The number of benzene rings is 1. The van der Waals surface area contributed by atoms with E-state index in [2.05, 4.69) is 52.8 Å². The van der Waals surface area contributed by atoms with E-state index in [0.29, 0.717) is 0 Å². The van der Waals surface area contributed by atoms with Gasteiger partial charge in [-0.05, 0) is 47.2 Å². The van der Waals surface area contributed by atoms with Crippen molar-refractivity contribution in [2.45, 2.75) is 6.92 Å². The number of fused-ring (bicyclic) bond motifs is 1. The molecule has 0 amide bonds. The molecule has 0 aliphatic rings. The van der Waals surface area contributed by atoms with Gasteiger partial charge in [-0.2, -0.15) is 5.10 Å². The Hall–Kier alpha value is -0.580. The van der Waals surface area contributed by atoms with Crippen LogP contribution >= 0.6 is 22.6 Å². The van der Waals surface area contributed by atoms with Gasteiger partial charge in [0, 0.05) is 12.4 Å². The predicted octanol–water partition coefficient (Wildman–Crippen LogP) is 2.49. The normalized spacial score (nSPS) is 10.9. The summed E-state index contributed by atoms with van der Waals surface area (Å²) in [6, 6.07) is 6.35. The number of hydrogen-bond donors (Lipinski definition) is 0. The second-order valence-corrected chi connectivity index (χ2v) is 3.96. The molecule has 1 heterocycles. The van der Waals surface area contributed by atoms with Crippen molar-refractivity contribution in [1.29, 1.82) is 0 Å². The molecule has 0 radical (unpaired) electrons. The van der Waals surface area contributed by atoms with E-state index >= 15 is 0 Å². The molecular weight excluding hydrogens is 263 g/mol. The maximum absolute atomic E-state index is 4.38. The third kappa shape index (κ3) is 1.12. The molecule has 0 saturated heterocycles. The smallest absolute Gasteiger partial charge is 0.106 e. The Morgan fingerprint density at radius 3 is 2.92 bits per heavy atom. The second kappa shape index (κ2) is 2.73. The van der Waals surface area contributed by atoms with E-state index in [1.807, 2.05) is 11.7 Å². The van der Waals surface area contributed by atoms with Crippen LogP contribution in [0.15, 0.2) is 18.2 Å². The first-order valence-electron chi connectivity index (χ1n) is 3.77. The van der Waals surface area contributed by atoms with Crippen LogP contribution in [0, 0.1) is 10.6 Å². The Balaban J connectivity index is 2.87. The Kier molecular flexibility index (Phi) is 1.83. The van der Waals surface area contributed by atoms with Gasteiger partial charge in [0.2, 0.25) is 0 Å². The van der Waals surface area contributed by atoms with Gasteiger partial charge < -0.3 is 0 Å². The summed E-state index contributed by atoms with van der Waals surface area (Å²) in [4.78, 5) is 0. The topological polar surface area (TPSA) is 17.8 Å². The molecule has 62 valence electrons. The molecule has 0 aliphatic heterocycles. The van der Waals surface area contributed by atoms with E-state index in [1.165, 1.54) is 14.7 Å². The molecule has 0 aliphatic carbocycles. The minimum Gasteiger partial charge on any atom is -0.261 e. The van der Waals surface area contributed by atoms with Crippen molar-refractivity contribution >= 4 is 33.5 Å². The standard InChI is InChI=1S/C9H9IN2/c1-6-3-4-7-8(5-6)11-12(2)9(7)10/h3-5H,1-2H3. The average molecular weight is 272 g/mol. The molecule has 1 aromatic heterocycles. The van der Waals surface area contributed by atoms with Gasteiger partial charge in [-0.1, -0.05) is 6.07 Å². The van der Waals surface area contributed by atoms with Crippen LogP contribution in [-0.2, 0) is 7.05 Å². The highest BCUT2D eigenvalue weighted by atomic mass is 127. The first-order chi connectivity index (χ1) is 5.68. The average Bonchev–Trinajstić information content (AvgIpc) is 2.28. The fraction of sp³-hybridized carbons (Fsp3) is 0.222. The lowest BCUT2D eigenvalue weighted by Crippen LogP contribution is -1.91. The zero-order valence-corrected chi connectivity index (χ0v) is 9.16. The summed E-state index contributed by atoms with van der Waals surface area (Å²) < 4.78 is 3.10. The van der Waals surface area contributed by atoms with Gasteiger partial charge in [-0.25, -0.2) is 0 Å². The summed E-state index contributed by atoms with van der Waals surface area (Å²) in [5, 5.41) is 5.62. The molecule has 0 spiro atoms. The zero-order valence-electron chi connectivity index (χ0n) is 7.00. The minimum absolute atomic E-state index is 1.09. The fourth-order valence-corrected chi connectivity index (χ4v) is 1.84.